The molecule has 7 rings (SSSR count). The van der Waals surface area contributed by atoms with Gasteiger partial charge in [0.2, 0.25) is 11.3 Å². The van der Waals surface area contributed by atoms with E-state index in [-0.39, 0.29) is 40.9 Å². The van der Waals surface area contributed by atoms with E-state index in [4.69, 9.17) is 0 Å². The SMILES string of the molecule is O=C(NC12CCC(C1)C2)c1cn(-c2c(F)cc(F)cc2F)c2nc(N3C[C@@H](O)CC3=O)ccc2c1=O. The molecule has 2 aromatic heterocycles. The minimum Gasteiger partial charge on any atom is -0.391 e. The number of carbonyl (C=O) groups excluding carboxylic acids is 2. The number of hydrogen-bond acceptors (Lipinski definition) is 5. The monoisotopic (exact) mass is 498 g/mol. The predicted octanol–water partition coefficient (Wildman–Crippen LogP) is 2.57. The van der Waals surface area contributed by atoms with Gasteiger partial charge in [-0.15, -0.1) is 0 Å². The van der Waals surface area contributed by atoms with Gasteiger partial charge in [0, 0.05) is 23.9 Å². The molecule has 2 amide bonds. The summed E-state index contributed by atoms with van der Waals surface area (Å²) in [4.78, 5) is 44.3. The minimum absolute atomic E-state index is 0.0373. The molecule has 1 atom stereocenters. The Balaban J connectivity index is 1.54. The highest BCUT2D eigenvalue weighted by Gasteiger charge is 2.51. The van der Waals surface area contributed by atoms with Crippen LogP contribution in [0.4, 0.5) is 19.0 Å². The molecule has 1 saturated heterocycles. The number of nitrogens with one attached hydrogen (secondary N) is 1. The van der Waals surface area contributed by atoms with Gasteiger partial charge in [0.05, 0.1) is 24.5 Å². The molecule has 3 heterocycles. The zero-order chi connectivity index (χ0) is 25.4. The van der Waals surface area contributed by atoms with Gasteiger partial charge in [0.1, 0.15) is 22.9 Å². The van der Waals surface area contributed by atoms with Gasteiger partial charge in [-0.25, -0.2) is 18.2 Å². The molecule has 2 N–H and O–H groups in total. The summed E-state index contributed by atoms with van der Waals surface area (Å²) in [5.74, 6) is -4.13. The average molecular weight is 498 g/mol. The standard InChI is InChI=1S/C25H21F3N4O4/c26-13-5-17(27)21(18(28)6-13)32-11-16(24(36)30-25-4-3-12(8-25)9-25)22(35)15-1-2-19(29-23(15)32)31-10-14(33)7-20(31)34/h1-2,5-6,11-12,14,33H,3-4,7-10H2,(H,30,36)/t12?,14-,25?/m0/s1. The fraction of sp³-hybridized carbons (Fsp3) is 0.360. The molecular formula is C25H21F3N4O4. The van der Waals surface area contributed by atoms with E-state index in [0.29, 0.717) is 18.1 Å². The Labute approximate surface area is 202 Å². The second-order valence-electron chi connectivity index (χ2n) is 9.91. The third kappa shape index (κ3) is 3.48. The van der Waals surface area contributed by atoms with Crippen LogP contribution < -0.4 is 15.6 Å². The molecule has 4 fully saturated rings. The molecule has 8 nitrogen and oxygen atoms in total. The molecule has 186 valence electrons. The van der Waals surface area contributed by atoms with Crippen LogP contribution in [0, 0.1) is 23.4 Å². The van der Waals surface area contributed by atoms with Crippen LogP contribution in [0.2, 0.25) is 0 Å². The van der Waals surface area contributed by atoms with Gasteiger partial charge < -0.3 is 10.4 Å². The fourth-order valence-corrected chi connectivity index (χ4v) is 5.76. The van der Waals surface area contributed by atoms with Crippen LogP contribution in [0.3, 0.4) is 0 Å². The van der Waals surface area contributed by atoms with Gasteiger partial charge in [-0.1, -0.05) is 0 Å². The second-order valence-corrected chi connectivity index (χ2v) is 9.91. The van der Waals surface area contributed by atoms with Crippen LogP contribution in [-0.4, -0.2) is 44.7 Å². The van der Waals surface area contributed by atoms with Crippen LogP contribution >= 0.6 is 0 Å². The van der Waals surface area contributed by atoms with Crippen molar-refractivity contribution in [2.45, 2.75) is 43.7 Å². The summed E-state index contributed by atoms with van der Waals surface area (Å²) >= 11 is 0. The minimum atomic E-state index is -1.26. The van der Waals surface area contributed by atoms with Crippen LogP contribution in [0.25, 0.3) is 16.7 Å². The van der Waals surface area contributed by atoms with E-state index >= 15 is 0 Å². The molecule has 2 bridgehead atoms. The summed E-state index contributed by atoms with van der Waals surface area (Å²) in [5.41, 5.74) is -2.36. The third-order valence-electron chi connectivity index (χ3n) is 7.45. The maximum absolute atomic E-state index is 14.9. The van der Waals surface area contributed by atoms with E-state index in [9.17, 15) is 32.7 Å². The first-order valence-corrected chi connectivity index (χ1v) is 11.7. The normalized spacial score (nSPS) is 24.9. The molecule has 36 heavy (non-hydrogen) atoms. The molecule has 4 aliphatic rings. The number of anilines is 1. The number of aliphatic hydroxyl groups excluding tert-OH is 1. The lowest BCUT2D eigenvalue weighted by Crippen LogP contribution is -2.52. The first kappa shape index (κ1) is 22.7. The van der Waals surface area contributed by atoms with Gasteiger partial charge >= 0.3 is 0 Å². The zero-order valence-corrected chi connectivity index (χ0v) is 18.9. The first-order chi connectivity index (χ1) is 17.1. The smallest absolute Gasteiger partial charge is 0.257 e. The molecule has 0 spiro atoms. The van der Waals surface area contributed by atoms with Crippen LogP contribution in [0.5, 0.6) is 0 Å². The van der Waals surface area contributed by atoms with E-state index in [1.165, 1.54) is 17.0 Å². The van der Waals surface area contributed by atoms with E-state index in [0.717, 1.165) is 36.4 Å². The number of nitrogens with zero attached hydrogens (tertiary/aromatic N) is 3. The molecular weight excluding hydrogens is 477 g/mol. The Morgan fingerprint density at radius 3 is 2.47 bits per heavy atom. The highest BCUT2D eigenvalue weighted by atomic mass is 19.1. The highest BCUT2D eigenvalue weighted by Crippen LogP contribution is 2.51. The Morgan fingerprint density at radius 2 is 1.86 bits per heavy atom. The summed E-state index contributed by atoms with van der Waals surface area (Å²) in [6, 6.07) is 3.66. The molecule has 1 aromatic carbocycles. The number of rotatable bonds is 4. The van der Waals surface area contributed by atoms with Crippen molar-refractivity contribution in [3.63, 3.8) is 0 Å². The molecule has 1 aliphatic heterocycles. The van der Waals surface area contributed by atoms with E-state index in [1.54, 1.807) is 0 Å². The fourth-order valence-electron chi connectivity index (χ4n) is 5.76. The van der Waals surface area contributed by atoms with Crippen molar-refractivity contribution in [2.24, 2.45) is 5.92 Å². The van der Waals surface area contributed by atoms with Crippen LogP contribution in [0.15, 0.2) is 35.3 Å². The van der Waals surface area contributed by atoms with Crippen molar-refractivity contribution in [3.05, 3.63) is 63.7 Å². The molecule has 3 aromatic rings. The van der Waals surface area contributed by atoms with Crippen molar-refractivity contribution in [1.29, 1.82) is 0 Å². The number of aromatic nitrogens is 2. The van der Waals surface area contributed by atoms with E-state index in [2.05, 4.69) is 10.3 Å². The summed E-state index contributed by atoms with van der Waals surface area (Å²) in [6.45, 7) is -0.0373. The molecule has 3 aliphatic carbocycles. The summed E-state index contributed by atoms with van der Waals surface area (Å²) < 4.78 is 44.3. The lowest BCUT2D eigenvalue weighted by molar-refractivity contribution is -0.117. The number of amides is 2. The quantitative estimate of drug-likeness (QED) is 0.576. The van der Waals surface area contributed by atoms with E-state index < -0.39 is 46.5 Å². The largest absolute Gasteiger partial charge is 0.391 e. The topological polar surface area (TPSA) is 105 Å². The Kier molecular flexibility index (Phi) is 4.98. The zero-order valence-electron chi connectivity index (χ0n) is 18.9. The molecule has 0 unspecified atom stereocenters. The number of hydrogen-bond donors (Lipinski definition) is 2. The van der Waals surface area contributed by atoms with Gasteiger partial charge in [0.15, 0.2) is 17.3 Å². The lowest BCUT2D eigenvalue weighted by atomic mass is 9.77. The summed E-state index contributed by atoms with van der Waals surface area (Å²) in [6.07, 6.45) is 3.41. The van der Waals surface area contributed by atoms with Crippen LogP contribution in [-0.2, 0) is 4.79 Å². The number of fused-ring (bicyclic) bond motifs is 2. The average Bonchev–Trinajstić information content (AvgIpc) is 3.48. The van der Waals surface area contributed by atoms with Crippen molar-refractivity contribution < 1.29 is 27.9 Å². The Hall–Kier alpha value is -3.73. The maximum atomic E-state index is 14.9. The number of halogens is 3. The van der Waals surface area contributed by atoms with Crippen molar-refractivity contribution >= 4 is 28.7 Å². The Morgan fingerprint density at radius 1 is 1.14 bits per heavy atom. The van der Waals surface area contributed by atoms with E-state index in [1.807, 2.05) is 0 Å². The summed E-state index contributed by atoms with van der Waals surface area (Å²) in [5, 5.41) is 12.6. The number of β-amino-alcohol motifs (C(OH)–C–C–N with tert-alkyl or cyclic N) is 1. The first-order valence-electron chi connectivity index (χ1n) is 11.7. The van der Waals surface area contributed by atoms with Gasteiger partial charge in [0.25, 0.3) is 5.91 Å². The van der Waals surface area contributed by atoms with Gasteiger partial charge in [-0.3, -0.25) is 23.9 Å². The second kappa shape index (κ2) is 7.89. The number of pyridine rings is 2. The van der Waals surface area contributed by atoms with Crippen molar-refractivity contribution in [1.82, 2.24) is 14.9 Å². The van der Waals surface area contributed by atoms with Gasteiger partial charge in [-0.2, -0.15) is 0 Å². The highest BCUT2D eigenvalue weighted by molar-refractivity contribution is 5.99. The van der Waals surface area contributed by atoms with Crippen molar-refractivity contribution in [3.8, 4) is 5.69 Å². The van der Waals surface area contributed by atoms with Crippen LogP contribution in [0.1, 0.15) is 42.5 Å². The number of carbonyl (C=O) groups is 2. The van der Waals surface area contributed by atoms with Gasteiger partial charge in [-0.05, 0) is 43.7 Å². The summed E-state index contributed by atoms with van der Waals surface area (Å²) in [7, 11) is 0. The molecule has 3 saturated carbocycles. The van der Waals surface area contributed by atoms with Crippen molar-refractivity contribution in [2.75, 3.05) is 11.4 Å². The Bertz CT molecular complexity index is 1490. The predicted molar refractivity (Wildman–Crippen MR) is 122 cm³/mol. The lowest BCUT2D eigenvalue weighted by Gasteiger charge is -2.39. The maximum Gasteiger partial charge on any atom is 0.257 e. The number of benzene rings is 1. The molecule has 0 radical (unpaired) electrons. The molecule has 11 heteroatoms. The number of aliphatic hydroxyl groups is 1. The third-order valence-corrected chi connectivity index (χ3v) is 7.45.